The number of hydrogen-bond acceptors (Lipinski definition) is 2. The third-order valence-corrected chi connectivity index (χ3v) is 3.42. The first-order chi connectivity index (χ1) is 8.27. The number of pyridine rings is 1. The zero-order chi connectivity index (χ0) is 12.1. The SMILES string of the molecule is Brc1cncc(Br)c1OCCc1ccccc1. The van der Waals surface area contributed by atoms with Crippen LogP contribution in [0.15, 0.2) is 51.7 Å². The molecule has 17 heavy (non-hydrogen) atoms. The Balaban J connectivity index is 1.95. The zero-order valence-corrected chi connectivity index (χ0v) is 12.2. The molecule has 0 saturated carbocycles. The van der Waals surface area contributed by atoms with Gasteiger partial charge < -0.3 is 4.74 Å². The highest BCUT2D eigenvalue weighted by Gasteiger charge is 2.06. The molecule has 0 N–H and O–H groups in total. The molecule has 0 unspecified atom stereocenters. The Hall–Kier alpha value is -0.870. The molecule has 2 nitrogen and oxygen atoms in total. The fourth-order valence-corrected chi connectivity index (χ4v) is 2.61. The summed E-state index contributed by atoms with van der Waals surface area (Å²) >= 11 is 6.83. The van der Waals surface area contributed by atoms with E-state index in [1.807, 2.05) is 18.2 Å². The quantitative estimate of drug-likeness (QED) is 0.817. The predicted octanol–water partition coefficient (Wildman–Crippen LogP) is 4.23. The van der Waals surface area contributed by atoms with Crippen molar-refractivity contribution in [2.45, 2.75) is 6.42 Å². The van der Waals surface area contributed by atoms with E-state index in [1.165, 1.54) is 5.56 Å². The van der Waals surface area contributed by atoms with Gasteiger partial charge in [0.2, 0.25) is 0 Å². The van der Waals surface area contributed by atoms with Gasteiger partial charge in [-0.2, -0.15) is 0 Å². The standard InChI is InChI=1S/C13H11Br2NO/c14-11-8-16-9-12(15)13(11)17-7-6-10-4-2-1-3-5-10/h1-5,8-9H,6-7H2. The van der Waals surface area contributed by atoms with Gasteiger partial charge in [0.25, 0.3) is 0 Å². The van der Waals surface area contributed by atoms with Crippen molar-refractivity contribution in [3.8, 4) is 5.75 Å². The first kappa shape index (κ1) is 12.6. The molecule has 0 aliphatic rings. The van der Waals surface area contributed by atoms with Gasteiger partial charge in [0.1, 0.15) is 0 Å². The van der Waals surface area contributed by atoms with E-state index < -0.39 is 0 Å². The summed E-state index contributed by atoms with van der Waals surface area (Å²) in [6, 6.07) is 10.3. The van der Waals surface area contributed by atoms with Gasteiger partial charge in [0.05, 0.1) is 15.6 Å². The molecule has 0 bridgehead atoms. The molecule has 1 heterocycles. The topological polar surface area (TPSA) is 22.1 Å². The van der Waals surface area contributed by atoms with Crippen LogP contribution in [0.3, 0.4) is 0 Å². The van der Waals surface area contributed by atoms with Gasteiger partial charge >= 0.3 is 0 Å². The van der Waals surface area contributed by atoms with Crippen LogP contribution < -0.4 is 4.74 Å². The Morgan fingerprint density at radius 1 is 1.00 bits per heavy atom. The number of hydrogen-bond donors (Lipinski definition) is 0. The van der Waals surface area contributed by atoms with E-state index in [0.29, 0.717) is 6.61 Å². The molecule has 0 fully saturated rings. The van der Waals surface area contributed by atoms with Gasteiger partial charge in [0.15, 0.2) is 5.75 Å². The van der Waals surface area contributed by atoms with Crippen molar-refractivity contribution in [2.75, 3.05) is 6.61 Å². The summed E-state index contributed by atoms with van der Waals surface area (Å²) in [5.74, 6) is 0.802. The summed E-state index contributed by atoms with van der Waals surface area (Å²) in [6.07, 6.45) is 4.34. The molecule has 0 amide bonds. The molecule has 1 aromatic heterocycles. The van der Waals surface area contributed by atoms with Gasteiger partial charge in [0, 0.05) is 18.8 Å². The number of ether oxygens (including phenoxy) is 1. The lowest BCUT2D eigenvalue weighted by atomic mass is 10.2. The van der Waals surface area contributed by atoms with Crippen LogP contribution in [0, 0.1) is 0 Å². The minimum atomic E-state index is 0.644. The van der Waals surface area contributed by atoms with Crippen LogP contribution in [0.5, 0.6) is 5.75 Å². The smallest absolute Gasteiger partial charge is 0.150 e. The molecule has 0 radical (unpaired) electrons. The highest BCUT2D eigenvalue weighted by molar-refractivity contribution is 9.11. The van der Waals surface area contributed by atoms with Crippen LogP contribution in [0.25, 0.3) is 0 Å². The van der Waals surface area contributed by atoms with E-state index >= 15 is 0 Å². The summed E-state index contributed by atoms with van der Waals surface area (Å²) in [5, 5.41) is 0. The van der Waals surface area contributed by atoms with Crippen molar-refractivity contribution < 1.29 is 4.74 Å². The van der Waals surface area contributed by atoms with Gasteiger partial charge in [-0.15, -0.1) is 0 Å². The Morgan fingerprint density at radius 3 is 2.29 bits per heavy atom. The van der Waals surface area contributed by atoms with Crippen LogP contribution in [-0.4, -0.2) is 11.6 Å². The van der Waals surface area contributed by atoms with Crippen molar-refractivity contribution in [3.63, 3.8) is 0 Å². The van der Waals surface area contributed by atoms with Crippen molar-refractivity contribution in [3.05, 3.63) is 57.2 Å². The Bertz CT molecular complexity index is 468. The Labute approximate surface area is 117 Å². The maximum absolute atomic E-state index is 5.74. The van der Waals surface area contributed by atoms with E-state index in [0.717, 1.165) is 21.1 Å². The van der Waals surface area contributed by atoms with Crippen LogP contribution in [0.1, 0.15) is 5.56 Å². The van der Waals surface area contributed by atoms with Gasteiger partial charge in [-0.1, -0.05) is 30.3 Å². The molecule has 0 atom stereocenters. The highest BCUT2D eigenvalue weighted by atomic mass is 79.9. The lowest BCUT2D eigenvalue weighted by Crippen LogP contribution is -2.02. The van der Waals surface area contributed by atoms with Crippen LogP contribution >= 0.6 is 31.9 Å². The maximum Gasteiger partial charge on any atom is 0.150 e. The number of nitrogens with zero attached hydrogens (tertiary/aromatic N) is 1. The fraction of sp³-hybridized carbons (Fsp3) is 0.154. The van der Waals surface area contributed by atoms with Gasteiger partial charge in [-0.25, -0.2) is 0 Å². The molecule has 0 spiro atoms. The minimum absolute atomic E-state index is 0.644. The van der Waals surface area contributed by atoms with E-state index in [2.05, 4.69) is 49.0 Å². The second-order valence-electron chi connectivity index (χ2n) is 3.52. The van der Waals surface area contributed by atoms with Crippen molar-refractivity contribution in [1.29, 1.82) is 0 Å². The molecule has 4 heteroatoms. The third-order valence-electron chi connectivity index (χ3n) is 2.29. The van der Waals surface area contributed by atoms with Crippen molar-refractivity contribution in [1.82, 2.24) is 4.98 Å². The maximum atomic E-state index is 5.74. The van der Waals surface area contributed by atoms with Crippen LogP contribution in [0.4, 0.5) is 0 Å². The number of aromatic nitrogens is 1. The van der Waals surface area contributed by atoms with Crippen molar-refractivity contribution >= 4 is 31.9 Å². The Morgan fingerprint density at radius 2 is 1.65 bits per heavy atom. The summed E-state index contributed by atoms with van der Waals surface area (Å²) in [6.45, 7) is 0.644. The second-order valence-corrected chi connectivity index (χ2v) is 5.23. The summed E-state index contributed by atoms with van der Waals surface area (Å²) in [4.78, 5) is 4.04. The molecule has 2 rings (SSSR count). The molecule has 0 aliphatic heterocycles. The molecular formula is C13H11Br2NO. The lowest BCUT2D eigenvalue weighted by molar-refractivity contribution is 0.317. The van der Waals surface area contributed by atoms with Crippen LogP contribution in [0.2, 0.25) is 0 Å². The first-order valence-corrected chi connectivity index (χ1v) is 6.81. The first-order valence-electron chi connectivity index (χ1n) is 5.23. The number of rotatable bonds is 4. The minimum Gasteiger partial charge on any atom is -0.491 e. The second kappa shape index (κ2) is 6.17. The molecule has 88 valence electrons. The third kappa shape index (κ3) is 3.54. The summed E-state index contributed by atoms with van der Waals surface area (Å²) in [7, 11) is 0. The van der Waals surface area contributed by atoms with E-state index in [1.54, 1.807) is 12.4 Å². The number of halogens is 2. The van der Waals surface area contributed by atoms with Gasteiger partial charge in [-0.05, 0) is 37.4 Å². The monoisotopic (exact) mass is 355 g/mol. The average molecular weight is 357 g/mol. The van der Waals surface area contributed by atoms with Crippen LogP contribution in [-0.2, 0) is 6.42 Å². The number of benzene rings is 1. The highest BCUT2D eigenvalue weighted by Crippen LogP contribution is 2.31. The molecule has 0 saturated heterocycles. The molecule has 1 aromatic carbocycles. The normalized spacial score (nSPS) is 10.2. The van der Waals surface area contributed by atoms with E-state index in [-0.39, 0.29) is 0 Å². The zero-order valence-electron chi connectivity index (χ0n) is 9.07. The van der Waals surface area contributed by atoms with Crippen molar-refractivity contribution in [2.24, 2.45) is 0 Å². The fourth-order valence-electron chi connectivity index (χ4n) is 1.45. The Kier molecular flexibility index (Phi) is 4.57. The largest absolute Gasteiger partial charge is 0.491 e. The lowest BCUT2D eigenvalue weighted by Gasteiger charge is -2.09. The van der Waals surface area contributed by atoms with E-state index in [4.69, 9.17) is 4.74 Å². The average Bonchev–Trinajstić information content (AvgIpc) is 2.34. The summed E-state index contributed by atoms with van der Waals surface area (Å²) < 4.78 is 7.46. The van der Waals surface area contributed by atoms with Gasteiger partial charge in [-0.3, -0.25) is 4.98 Å². The molecule has 0 aliphatic carbocycles. The summed E-state index contributed by atoms with van der Waals surface area (Å²) in [5.41, 5.74) is 1.27. The van der Waals surface area contributed by atoms with E-state index in [9.17, 15) is 0 Å². The molecular weight excluding hydrogens is 346 g/mol. The predicted molar refractivity (Wildman–Crippen MR) is 75.3 cm³/mol. The molecule has 2 aromatic rings.